The number of para-hydroxylation sites is 1. The molecule has 4 heteroatoms. The Balaban J connectivity index is 1.79. The molecule has 1 N–H and O–H groups in total. The molecule has 0 aliphatic carbocycles. The minimum Gasteiger partial charge on any atom is -0.482 e. The molecule has 0 unspecified atom stereocenters. The van der Waals surface area contributed by atoms with Crippen molar-refractivity contribution in [1.82, 2.24) is 4.90 Å². The first-order valence-electron chi connectivity index (χ1n) is 6.14. The second kappa shape index (κ2) is 4.05. The molecule has 0 atom stereocenters. The van der Waals surface area contributed by atoms with Gasteiger partial charge in [-0.3, -0.25) is 0 Å². The average Bonchev–Trinajstić information content (AvgIpc) is 2.39. The van der Waals surface area contributed by atoms with Crippen molar-refractivity contribution in [3.8, 4) is 5.75 Å². The van der Waals surface area contributed by atoms with Crippen molar-refractivity contribution in [2.24, 2.45) is 0 Å². The quantitative estimate of drug-likeness (QED) is 0.764. The lowest BCUT2D eigenvalue weighted by Crippen LogP contribution is -2.49. The molecule has 1 saturated heterocycles. The van der Waals surface area contributed by atoms with Crippen LogP contribution >= 0.6 is 0 Å². The Labute approximate surface area is 105 Å². The van der Waals surface area contributed by atoms with Gasteiger partial charge in [-0.15, -0.1) is 0 Å². The molecule has 0 bridgehead atoms. The third kappa shape index (κ3) is 1.83. The van der Waals surface area contributed by atoms with Crippen LogP contribution in [0.15, 0.2) is 30.3 Å². The lowest BCUT2D eigenvalue weighted by atomic mass is 9.88. The van der Waals surface area contributed by atoms with Crippen LogP contribution < -0.4 is 4.74 Å². The zero-order valence-corrected chi connectivity index (χ0v) is 10.0. The van der Waals surface area contributed by atoms with Gasteiger partial charge in [-0.05, 0) is 12.1 Å². The van der Waals surface area contributed by atoms with Gasteiger partial charge in [-0.25, -0.2) is 4.79 Å². The van der Waals surface area contributed by atoms with Gasteiger partial charge in [-0.1, -0.05) is 24.3 Å². The first-order valence-corrected chi connectivity index (χ1v) is 6.14. The summed E-state index contributed by atoms with van der Waals surface area (Å²) in [5.74, 6) is 0.892. The molecule has 1 amide bonds. The summed E-state index contributed by atoms with van der Waals surface area (Å²) >= 11 is 0. The van der Waals surface area contributed by atoms with Crippen molar-refractivity contribution in [3.63, 3.8) is 0 Å². The van der Waals surface area contributed by atoms with Crippen molar-refractivity contribution in [3.05, 3.63) is 35.9 Å². The number of hydrogen-bond donors (Lipinski definition) is 1. The number of ether oxygens (including phenoxy) is 1. The molecule has 0 aromatic heterocycles. The van der Waals surface area contributed by atoms with Crippen molar-refractivity contribution >= 4 is 12.2 Å². The maximum atomic E-state index is 10.9. The van der Waals surface area contributed by atoms with Gasteiger partial charge in [0.2, 0.25) is 0 Å². The normalized spacial score (nSPS) is 20.3. The van der Waals surface area contributed by atoms with Crippen LogP contribution in [-0.4, -0.2) is 34.8 Å². The summed E-state index contributed by atoms with van der Waals surface area (Å²) in [7, 11) is 0. The fraction of sp³-hybridized carbons (Fsp3) is 0.357. The Kier molecular flexibility index (Phi) is 2.51. The topological polar surface area (TPSA) is 49.8 Å². The molecule has 2 aliphatic heterocycles. The van der Waals surface area contributed by atoms with E-state index in [0.717, 1.165) is 11.3 Å². The average molecular weight is 245 g/mol. The van der Waals surface area contributed by atoms with Gasteiger partial charge in [0.1, 0.15) is 11.4 Å². The van der Waals surface area contributed by atoms with E-state index in [1.807, 2.05) is 24.3 Å². The maximum Gasteiger partial charge on any atom is 0.407 e. The Morgan fingerprint density at radius 3 is 2.72 bits per heavy atom. The van der Waals surface area contributed by atoms with Crippen LogP contribution in [-0.2, 0) is 0 Å². The van der Waals surface area contributed by atoms with Crippen molar-refractivity contribution in [2.75, 3.05) is 13.1 Å². The number of carbonyl (C=O) groups is 1. The van der Waals surface area contributed by atoms with E-state index in [4.69, 9.17) is 9.84 Å². The van der Waals surface area contributed by atoms with Crippen molar-refractivity contribution < 1.29 is 14.6 Å². The fourth-order valence-corrected chi connectivity index (χ4v) is 2.55. The van der Waals surface area contributed by atoms with Crippen molar-refractivity contribution in [1.29, 1.82) is 0 Å². The second-order valence-electron chi connectivity index (χ2n) is 4.81. The van der Waals surface area contributed by atoms with Crippen LogP contribution in [0.5, 0.6) is 5.75 Å². The number of hydrogen-bond acceptors (Lipinski definition) is 2. The molecule has 1 aromatic carbocycles. The number of benzene rings is 1. The molecule has 4 nitrogen and oxygen atoms in total. The van der Waals surface area contributed by atoms with E-state index in [-0.39, 0.29) is 5.60 Å². The summed E-state index contributed by atoms with van der Waals surface area (Å²) in [6.45, 7) is 1.06. The minimum atomic E-state index is -0.843. The molecule has 18 heavy (non-hydrogen) atoms. The molecule has 0 radical (unpaired) electrons. The van der Waals surface area contributed by atoms with Gasteiger partial charge in [0, 0.05) is 31.5 Å². The highest BCUT2D eigenvalue weighted by Crippen LogP contribution is 2.36. The lowest BCUT2D eigenvalue weighted by molar-refractivity contribution is 0.0401. The lowest BCUT2D eigenvalue weighted by Gasteiger charge is -2.41. The standard InChI is InChI=1S/C14H15NO3/c16-13(17)15-9-7-14(8-10-15)6-5-11-3-1-2-4-12(11)18-14/h1-6H,7-10H2,(H,16,17). The smallest absolute Gasteiger partial charge is 0.407 e. The summed E-state index contributed by atoms with van der Waals surface area (Å²) < 4.78 is 6.08. The van der Waals surface area contributed by atoms with E-state index in [1.54, 1.807) is 0 Å². The van der Waals surface area contributed by atoms with Gasteiger partial charge in [-0.2, -0.15) is 0 Å². The van der Waals surface area contributed by atoms with E-state index < -0.39 is 6.09 Å². The van der Waals surface area contributed by atoms with E-state index in [1.165, 1.54) is 4.90 Å². The van der Waals surface area contributed by atoms with Crippen LogP contribution in [0.2, 0.25) is 0 Å². The van der Waals surface area contributed by atoms with Gasteiger partial charge < -0.3 is 14.7 Å². The Morgan fingerprint density at radius 2 is 2.00 bits per heavy atom. The summed E-state index contributed by atoms with van der Waals surface area (Å²) in [4.78, 5) is 12.3. The molecular formula is C14H15NO3. The predicted octanol–water partition coefficient (Wildman–Crippen LogP) is 2.60. The molecule has 94 valence electrons. The second-order valence-corrected chi connectivity index (χ2v) is 4.81. The predicted molar refractivity (Wildman–Crippen MR) is 67.7 cm³/mol. The first kappa shape index (κ1) is 11.1. The number of piperidine rings is 1. The van der Waals surface area contributed by atoms with Gasteiger partial charge in [0.25, 0.3) is 0 Å². The van der Waals surface area contributed by atoms with Crippen LogP contribution in [0.3, 0.4) is 0 Å². The summed E-state index contributed by atoms with van der Waals surface area (Å²) in [5.41, 5.74) is 0.768. The van der Waals surface area contributed by atoms with Crippen molar-refractivity contribution in [2.45, 2.75) is 18.4 Å². The Bertz CT molecular complexity index is 502. The van der Waals surface area contributed by atoms with E-state index in [9.17, 15) is 4.79 Å². The molecule has 3 rings (SSSR count). The Hall–Kier alpha value is -1.97. The minimum absolute atomic E-state index is 0.319. The molecular weight excluding hydrogens is 230 g/mol. The molecule has 2 aliphatic rings. The monoisotopic (exact) mass is 245 g/mol. The summed E-state index contributed by atoms with van der Waals surface area (Å²) in [5, 5.41) is 8.95. The number of rotatable bonds is 0. The van der Waals surface area contributed by atoms with Crippen LogP contribution in [0.4, 0.5) is 4.79 Å². The highest BCUT2D eigenvalue weighted by atomic mass is 16.5. The highest BCUT2D eigenvalue weighted by molar-refractivity contribution is 5.65. The Morgan fingerprint density at radius 1 is 1.28 bits per heavy atom. The summed E-state index contributed by atoms with van der Waals surface area (Å²) in [6, 6.07) is 7.92. The number of fused-ring (bicyclic) bond motifs is 1. The number of amides is 1. The first-order chi connectivity index (χ1) is 8.69. The van der Waals surface area contributed by atoms with Crippen LogP contribution in [0.25, 0.3) is 6.08 Å². The van der Waals surface area contributed by atoms with Crippen LogP contribution in [0.1, 0.15) is 18.4 Å². The SMILES string of the molecule is O=C(O)N1CCC2(C=Cc3ccccc3O2)CC1. The number of carboxylic acid groups (broad SMARTS) is 1. The number of nitrogens with zero attached hydrogens (tertiary/aromatic N) is 1. The zero-order chi connectivity index (χ0) is 12.6. The van der Waals surface area contributed by atoms with Gasteiger partial charge >= 0.3 is 6.09 Å². The van der Waals surface area contributed by atoms with Crippen LogP contribution in [0, 0.1) is 0 Å². The molecule has 1 spiro atoms. The third-order valence-electron chi connectivity index (χ3n) is 3.68. The van der Waals surface area contributed by atoms with E-state index >= 15 is 0 Å². The molecule has 1 fully saturated rings. The highest BCUT2D eigenvalue weighted by Gasteiger charge is 2.37. The maximum absolute atomic E-state index is 10.9. The third-order valence-corrected chi connectivity index (χ3v) is 3.68. The van der Waals surface area contributed by atoms with E-state index in [2.05, 4.69) is 12.2 Å². The fourth-order valence-electron chi connectivity index (χ4n) is 2.55. The van der Waals surface area contributed by atoms with Gasteiger partial charge in [0.15, 0.2) is 0 Å². The molecule has 2 heterocycles. The summed E-state index contributed by atoms with van der Waals surface area (Å²) in [6.07, 6.45) is 4.74. The number of likely N-dealkylation sites (tertiary alicyclic amines) is 1. The van der Waals surface area contributed by atoms with E-state index in [0.29, 0.717) is 25.9 Å². The molecule has 0 saturated carbocycles. The zero-order valence-electron chi connectivity index (χ0n) is 10.0. The molecule has 1 aromatic rings. The largest absolute Gasteiger partial charge is 0.482 e. The van der Waals surface area contributed by atoms with Gasteiger partial charge in [0.05, 0.1) is 0 Å².